The molecule has 3 heterocycles. The molecule has 2 fully saturated rings. The molecule has 202 valence electrons. The van der Waals surface area contributed by atoms with E-state index in [-0.39, 0.29) is 46.1 Å². The largest absolute Gasteiger partial charge is 0.478 e. The molecular formula is C27H23ClF2N4O5. The van der Waals surface area contributed by atoms with Crippen LogP contribution in [0, 0.1) is 0 Å². The summed E-state index contributed by atoms with van der Waals surface area (Å²) >= 11 is 6.13. The highest BCUT2D eigenvalue weighted by Gasteiger charge is 2.46. The zero-order valence-electron chi connectivity index (χ0n) is 20.7. The zero-order chi connectivity index (χ0) is 27.9. The number of amides is 2. The first-order chi connectivity index (χ1) is 18.6. The van der Waals surface area contributed by atoms with E-state index in [2.05, 4.69) is 10.3 Å². The first-order valence-electron chi connectivity index (χ1n) is 12.2. The second-order valence-electron chi connectivity index (χ2n) is 9.42. The van der Waals surface area contributed by atoms with Crippen molar-refractivity contribution in [2.24, 2.45) is 0 Å². The van der Waals surface area contributed by atoms with Crippen molar-refractivity contribution in [3.8, 4) is 17.0 Å². The van der Waals surface area contributed by atoms with E-state index in [1.165, 1.54) is 35.0 Å². The van der Waals surface area contributed by atoms with Crippen LogP contribution in [0.5, 0.6) is 5.88 Å². The number of ether oxygens (including phenoxy) is 1. The maximum Gasteiger partial charge on any atom is 0.282 e. The predicted octanol–water partition coefficient (Wildman–Crippen LogP) is 4.45. The molecule has 0 unspecified atom stereocenters. The van der Waals surface area contributed by atoms with Gasteiger partial charge >= 0.3 is 0 Å². The lowest BCUT2D eigenvalue weighted by atomic mass is 9.97. The van der Waals surface area contributed by atoms with Crippen LogP contribution in [0.25, 0.3) is 11.1 Å². The molecule has 9 nitrogen and oxygen atoms in total. The third-order valence-corrected chi connectivity index (χ3v) is 6.61. The highest BCUT2D eigenvalue weighted by atomic mass is 35.5. The zero-order valence-corrected chi connectivity index (χ0v) is 21.5. The van der Waals surface area contributed by atoms with Gasteiger partial charge in [0, 0.05) is 34.5 Å². The number of anilines is 1. The minimum atomic E-state index is -2.94. The Labute approximate surface area is 226 Å². The molecule has 5 rings (SSSR count). The molecular weight excluding hydrogens is 534 g/mol. The Morgan fingerprint density at radius 1 is 1.18 bits per heavy atom. The van der Waals surface area contributed by atoms with Gasteiger partial charge in [-0.3, -0.25) is 19.2 Å². The lowest BCUT2D eigenvalue weighted by Gasteiger charge is -2.39. The van der Waals surface area contributed by atoms with Crippen molar-refractivity contribution in [1.29, 1.82) is 0 Å². The van der Waals surface area contributed by atoms with Crippen molar-refractivity contribution in [2.75, 3.05) is 25.0 Å². The summed E-state index contributed by atoms with van der Waals surface area (Å²) in [5.74, 6) is -4.21. The second-order valence-corrected chi connectivity index (χ2v) is 9.86. The van der Waals surface area contributed by atoms with Crippen LogP contribution in [-0.4, -0.2) is 58.2 Å². The molecule has 1 aromatic carbocycles. The monoisotopic (exact) mass is 556 g/mol. The highest BCUT2D eigenvalue weighted by molar-refractivity contribution is 6.31. The lowest BCUT2D eigenvalue weighted by Crippen LogP contribution is -2.58. The molecule has 0 radical (unpaired) electrons. The molecule has 2 aromatic heterocycles. The smallest absolute Gasteiger partial charge is 0.282 e. The average molecular weight is 557 g/mol. The topological polar surface area (TPSA) is 111 Å². The van der Waals surface area contributed by atoms with Gasteiger partial charge in [-0.1, -0.05) is 17.7 Å². The Morgan fingerprint density at radius 3 is 2.56 bits per heavy atom. The number of carbonyl (C=O) groups is 3. The van der Waals surface area contributed by atoms with Gasteiger partial charge < -0.3 is 19.5 Å². The van der Waals surface area contributed by atoms with Crippen LogP contribution in [0.3, 0.4) is 0 Å². The Hall–Kier alpha value is -4.12. The number of pyridine rings is 2. The van der Waals surface area contributed by atoms with Gasteiger partial charge in [-0.05, 0) is 55.2 Å². The van der Waals surface area contributed by atoms with Gasteiger partial charge in [0.1, 0.15) is 11.4 Å². The summed E-state index contributed by atoms with van der Waals surface area (Å²) in [6.07, 6.45) is 3.56. The Bertz CT molecular complexity index is 1550. The van der Waals surface area contributed by atoms with Crippen LogP contribution in [-0.2, 0) is 0 Å². The predicted molar refractivity (Wildman–Crippen MR) is 139 cm³/mol. The number of halogens is 3. The fourth-order valence-corrected chi connectivity index (χ4v) is 4.55. The van der Waals surface area contributed by atoms with Gasteiger partial charge in [-0.25, -0.2) is 8.78 Å². The van der Waals surface area contributed by atoms with Crippen molar-refractivity contribution < 1.29 is 27.9 Å². The molecule has 0 atom stereocenters. The third kappa shape index (κ3) is 5.53. The first kappa shape index (κ1) is 26.5. The summed E-state index contributed by atoms with van der Waals surface area (Å²) < 4.78 is 33.8. The number of aromatic nitrogens is 2. The molecule has 12 heteroatoms. The molecule has 2 amide bonds. The fraction of sp³-hybridized carbons (Fsp3) is 0.296. The number of rotatable bonds is 8. The Kier molecular flexibility index (Phi) is 6.94. The van der Waals surface area contributed by atoms with E-state index < -0.39 is 36.4 Å². The van der Waals surface area contributed by atoms with E-state index in [4.69, 9.17) is 16.3 Å². The number of nitrogens with one attached hydrogen (secondary N) is 1. The number of hydrogen-bond acceptors (Lipinski definition) is 6. The number of aldehydes is 1. The SMILES string of the molecule is CCOc1cc(-c2ccc(Cl)cc2C(=O)N2CC(F)(F)C2)cc(NC(=O)c2cc(C=O)cn(C3CC3)c2=O)n1. The minimum absolute atomic E-state index is 0.0126. The average Bonchev–Trinajstić information content (AvgIpc) is 3.72. The molecule has 1 saturated carbocycles. The quantitative estimate of drug-likeness (QED) is 0.410. The number of likely N-dealkylation sites (tertiary alicyclic amines) is 1. The van der Waals surface area contributed by atoms with Crippen molar-refractivity contribution >= 4 is 35.5 Å². The lowest BCUT2D eigenvalue weighted by molar-refractivity contribution is -0.113. The summed E-state index contributed by atoms with van der Waals surface area (Å²) in [6, 6.07) is 8.66. The summed E-state index contributed by atoms with van der Waals surface area (Å²) in [6.45, 7) is 0.585. The first-order valence-corrected chi connectivity index (χ1v) is 12.6. The van der Waals surface area contributed by atoms with E-state index in [0.717, 1.165) is 17.7 Å². The van der Waals surface area contributed by atoms with E-state index in [1.807, 2.05) is 0 Å². The van der Waals surface area contributed by atoms with Crippen LogP contribution in [0.1, 0.15) is 56.9 Å². The standard InChI is InChI=1S/C27H23ClF2N4O5/c1-2-39-23-9-16(19-6-3-17(28)10-20(19)25(37)33-13-27(29,30)14-33)8-22(31-23)32-24(36)21-7-15(12-35)11-34(26(21)38)18-4-5-18/h3,6-12,18H,2,4-5,13-14H2,1H3,(H,31,32,36). The molecule has 0 bridgehead atoms. The molecule has 1 aliphatic carbocycles. The Balaban J connectivity index is 1.51. The maximum absolute atomic E-state index is 13.4. The van der Waals surface area contributed by atoms with Crippen molar-refractivity contribution in [3.05, 3.63) is 74.7 Å². The van der Waals surface area contributed by atoms with E-state index in [1.54, 1.807) is 19.1 Å². The number of hydrogen-bond donors (Lipinski definition) is 1. The number of carbonyl (C=O) groups excluding carboxylic acids is 3. The van der Waals surface area contributed by atoms with Crippen LogP contribution < -0.4 is 15.6 Å². The summed E-state index contributed by atoms with van der Waals surface area (Å²) in [4.78, 5) is 55.9. The fourth-order valence-electron chi connectivity index (χ4n) is 4.38. The van der Waals surface area contributed by atoms with Gasteiger partial charge in [0.05, 0.1) is 19.7 Å². The van der Waals surface area contributed by atoms with Gasteiger partial charge in [0.25, 0.3) is 23.3 Å². The van der Waals surface area contributed by atoms with E-state index >= 15 is 0 Å². The molecule has 39 heavy (non-hydrogen) atoms. The molecule has 1 aliphatic heterocycles. The summed E-state index contributed by atoms with van der Waals surface area (Å²) in [7, 11) is 0. The van der Waals surface area contributed by atoms with Crippen molar-refractivity contribution in [3.63, 3.8) is 0 Å². The third-order valence-electron chi connectivity index (χ3n) is 6.38. The van der Waals surface area contributed by atoms with Crippen LogP contribution in [0.2, 0.25) is 5.02 Å². The summed E-state index contributed by atoms with van der Waals surface area (Å²) in [5, 5.41) is 2.82. The van der Waals surface area contributed by atoms with E-state index in [9.17, 15) is 28.0 Å². The number of alkyl halides is 2. The normalized spacial score (nSPS) is 15.8. The highest BCUT2D eigenvalue weighted by Crippen LogP contribution is 2.35. The molecule has 3 aromatic rings. The van der Waals surface area contributed by atoms with Gasteiger partial charge in [0.15, 0.2) is 6.29 Å². The van der Waals surface area contributed by atoms with Gasteiger partial charge in [0.2, 0.25) is 5.88 Å². The van der Waals surface area contributed by atoms with Crippen LogP contribution in [0.15, 0.2) is 47.4 Å². The van der Waals surface area contributed by atoms with Gasteiger partial charge in [-0.15, -0.1) is 0 Å². The van der Waals surface area contributed by atoms with Crippen molar-refractivity contribution in [1.82, 2.24) is 14.5 Å². The molecule has 1 N–H and O–H groups in total. The summed E-state index contributed by atoms with van der Waals surface area (Å²) in [5.41, 5.74) is 0.279. The number of benzene rings is 1. The molecule has 1 saturated heterocycles. The van der Waals surface area contributed by atoms with E-state index in [0.29, 0.717) is 17.4 Å². The Morgan fingerprint density at radius 2 is 1.92 bits per heavy atom. The van der Waals surface area contributed by atoms with Crippen LogP contribution in [0.4, 0.5) is 14.6 Å². The molecule has 0 spiro atoms. The minimum Gasteiger partial charge on any atom is -0.478 e. The second kappa shape index (κ2) is 10.2. The molecule has 2 aliphatic rings. The van der Waals surface area contributed by atoms with Crippen LogP contribution >= 0.6 is 11.6 Å². The van der Waals surface area contributed by atoms with Gasteiger partial charge in [-0.2, -0.15) is 4.98 Å². The number of nitrogens with zero attached hydrogens (tertiary/aromatic N) is 3. The van der Waals surface area contributed by atoms with Crippen molar-refractivity contribution in [2.45, 2.75) is 31.7 Å². The maximum atomic E-state index is 13.4.